The number of para-hydroxylation sites is 1. The lowest BCUT2D eigenvalue weighted by Crippen LogP contribution is -2.27. The molecule has 6 heteroatoms. The highest BCUT2D eigenvalue weighted by Crippen LogP contribution is 2.20. The number of nitrogens with one attached hydrogen (secondary N) is 3. The van der Waals surface area contributed by atoms with Crippen LogP contribution in [0.15, 0.2) is 61.2 Å². The molecule has 0 saturated heterocycles. The topological polar surface area (TPSA) is 87.3 Å². The molecule has 0 radical (unpaired) electrons. The van der Waals surface area contributed by atoms with Crippen molar-refractivity contribution in [1.82, 2.24) is 5.32 Å². The number of amides is 3. The summed E-state index contributed by atoms with van der Waals surface area (Å²) in [5.41, 5.74) is 1.11. The van der Waals surface area contributed by atoms with Gasteiger partial charge in [-0.25, -0.2) is 0 Å². The maximum atomic E-state index is 12.7. The third-order valence-electron chi connectivity index (χ3n) is 3.89. The molecule has 3 amide bonds. The molecule has 0 saturated carbocycles. The molecule has 0 aliphatic carbocycles. The van der Waals surface area contributed by atoms with Crippen LogP contribution >= 0.6 is 0 Å². The Morgan fingerprint density at radius 3 is 2.36 bits per heavy atom. The van der Waals surface area contributed by atoms with Gasteiger partial charge >= 0.3 is 0 Å². The Morgan fingerprint density at radius 1 is 0.964 bits per heavy atom. The summed E-state index contributed by atoms with van der Waals surface area (Å²) in [5, 5.41) is 8.25. The van der Waals surface area contributed by atoms with Gasteiger partial charge in [0, 0.05) is 23.2 Å². The molecule has 0 heterocycles. The first kappa shape index (κ1) is 20.9. The summed E-state index contributed by atoms with van der Waals surface area (Å²) >= 11 is 0. The number of rotatable bonds is 6. The van der Waals surface area contributed by atoms with E-state index in [-0.39, 0.29) is 17.7 Å². The Balaban J connectivity index is 2.18. The van der Waals surface area contributed by atoms with Crippen LogP contribution in [0.1, 0.15) is 41.5 Å². The van der Waals surface area contributed by atoms with Crippen LogP contribution in [0.5, 0.6) is 0 Å². The van der Waals surface area contributed by atoms with Crippen molar-refractivity contribution in [1.29, 1.82) is 0 Å². The SMILES string of the molecule is C=CCNC(=O)c1ccccc1NC(=O)c1cccc(NC(=O)C(C)(C)C)c1. The summed E-state index contributed by atoms with van der Waals surface area (Å²) in [6, 6.07) is 13.4. The van der Waals surface area contributed by atoms with Crippen LogP contribution in [0, 0.1) is 5.41 Å². The summed E-state index contributed by atoms with van der Waals surface area (Å²) in [4.78, 5) is 37.1. The van der Waals surface area contributed by atoms with Crippen LogP contribution in [0.2, 0.25) is 0 Å². The number of carbonyl (C=O) groups is 3. The van der Waals surface area contributed by atoms with Gasteiger partial charge in [-0.15, -0.1) is 6.58 Å². The molecule has 2 aromatic carbocycles. The zero-order valence-electron chi connectivity index (χ0n) is 16.3. The second-order valence-electron chi connectivity index (χ2n) is 7.28. The van der Waals surface area contributed by atoms with Crippen LogP contribution < -0.4 is 16.0 Å². The molecule has 28 heavy (non-hydrogen) atoms. The zero-order valence-corrected chi connectivity index (χ0v) is 16.3. The second-order valence-corrected chi connectivity index (χ2v) is 7.28. The molecule has 0 aliphatic heterocycles. The van der Waals surface area contributed by atoms with E-state index in [1.54, 1.807) is 54.6 Å². The van der Waals surface area contributed by atoms with E-state index in [1.165, 1.54) is 0 Å². The van der Waals surface area contributed by atoms with Crippen molar-refractivity contribution < 1.29 is 14.4 Å². The molecule has 146 valence electrons. The monoisotopic (exact) mass is 379 g/mol. The highest BCUT2D eigenvalue weighted by atomic mass is 16.2. The fraction of sp³-hybridized carbons (Fsp3) is 0.227. The average molecular weight is 379 g/mol. The Hall–Kier alpha value is -3.41. The van der Waals surface area contributed by atoms with Gasteiger partial charge in [-0.2, -0.15) is 0 Å². The third-order valence-corrected chi connectivity index (χ3v) is 3.89. The Bertz CT molecular complexity index is 898. The van der Waals surface area contributed by atoms with Gasteiger partial charge in [-0.05, 0) is 30.3 Å². The number of hydrogen-bond donors (Lipinski definition) is 3. The molecule has 0 spiro atoms. The minimum absolute atomic E-state index is 0.144. The lowest BCUT2D eigenvalue weighted by molar-refractivity contribution is -0.123. The molecule has 6 nitrogen and oxygen atoms in total. The highest BCUT2D eigenvalue weighted by molar-refractivity contribution is 6.09. The summed E-state index contributed by atoms with van der Waals surface area (Å²) in [6.45, 7) is 9.33. The predicted molar refractivity (Wildman–Crippen MR) is 111 cm³/mol. The quantitative estimate of drug-likeness (QED) is 0.667. The average Bonchev–Trinajstić information content (AvgIpc) is 2.66. The van der Waals surface area contributed by atoms with E-state index >= 15 is 0 Å². The maximum Gasteiger partial charge on any atom is 0.255 e. The van der Waals surface area contributed by atoms with Crippen molar-refractivity contribution in [3.8, 4) is 0 Å². The molecule has 0 aromatic heterocycles. The summed E-state index contributed by atoms with van der Waals surface area (Å²) in [7, 11) is 0. The van der Waals surface area contributed by atoms with E-state index in [9.17, 15) is 14.4 Å². The van der Waals surface area contributed by atoms with E-state index in [1.807, 2.05) is 20.8 Å². The van der Waals surface area contributed by atoms with E-state index in [4.69, 9.17) is 0 Å². The maximum absolute atomic E-state index is 12.7. The second kappa shape index (κ2) is 8.99. The Morgan fingerprint density at radius 2 is 1.68 bits per heavy atom. The van der Waals surface area contributed by atoms with Crippen LogP contribution in [-0.2, 0) is 4.79 Å². The van der Waals surface area contributed by atoms with Gasteiger partial charge in [0.1, 0.15) is 0 Å². The third kappa shape index (κ3) is 5.54. The van der Waals surface area contributed by atoms with E-state index in [0.717, 1.165) is 0 Å². The molecule has 0 fully saturated rings. The van der Waals surface area contributed by atoms with Crippen molar-refractivity contribution in [2.24, 2.45) is 5.41 Å². The van der Waals surface area contributed by atoms with Crippen LogP contribution in [0.3, 0.4) is 0 Å². The first-order valence-electron chi connectivity index (χ1n) is 8.93. The minimum atomic E-state index is -0.546. The van der Waals surface area contributed by atoms with Crippen molar-refractivity contribution >= 4 is 29.1 Å². The largest absolute Gasteiger partial charge is 0.349 e. The normalized spacial score (nSPS) is 10.7. The lowest BCUT2D eigenvalue weighted by atomic mass is 9.95. The molecule has 3 N–H and O–H groups in total. The predicted octanol–water partition coefficient (Wildman–Crippen LogP) is 3.84. The standard InChI is InChI=1S/C22H25N3O3/c1-5-13-23-20(27)17-11-6-7-12-18(17)25-19(26)15-9-8-10-16(14-15)24-21(28)22(2,3)4/h5-12,14H,1,13H2,2-4H3,(H,23,27)(H,24,28)(H,25,26). The zero-order chi connectivity index (χ0) is 20.7. The molecular weight excluding hydrogens is 354 g/mol. The number of benzene rings is 2. The smallest absolute Gasteiger partial charge is 0.255 e. The van der Waals surface area contributed by atoms with Gasteiger partial charge in [-0.1, -0.05) is 45.0 Å². The van der Waals surface area contributed by atoms with Crippen molar-refractivity contribution in [2.45, 2.75) is 20.8 Å². The summed E-state index contributed by atoms with van der Waals surface area (Å²) in [6.07, 6.45) is 1.58. The molecular formula is C22H25N3O3. The number of hydrogen-bond acceptors (Lipinski definition) is 3. The lowest BCUT2D eigenvalue weighted by Gasteiger charge is -2.18. The first-order valence-corrected chi connectivity index (χ1v) is 8.93. The van der Waals surface area contributed by atoms with Crippen molar-refractivity contribution in [2.75, 3.05) is 17.2 Å². The van der Waals surface area contributed by atoms with Crippen LogP contribution in [0.4, 0.5) is 11.4 Å². The van der Waals surface area contributed by atoms with Gasteiger partial charge < -0.3 is 16.0 Å². The van der Waals surface area contributed by atoms with E-state index < -0.39 is 5.41 Å². The van der Waals surface area contributed by atoms with Gasteiger partial charge in [0.2, 0.25) is 5.91 Å². The Labute approximate surface area is 165 Å². The van der Waals surface area contributed by atoms with Crippen LogP contribution in [-0.4, -0.2) is 24.3 Å². The summed E-state index contributed by atoms with van der Waals surface area (Å²) in [5.74, 6) is -0.827. The van der Waals surface area contributed by atoms with Gasteiger partial charge in [0.25, 0.3) is 11.8 Å². The molecule has 0 aliphatic rings. The molecule has 0 unspecified atom stereocenters. The fourth-order valence-corrected chi connectivity index (χ4v) is 2.30. The minimum Gasteiger partial charge on any atom is -0.349 e. The van der Waals surface area contributed by atoms with Crippen molar-refractivity contribution in [3.63, 3.8) is 0 Å². The Kier molecular flexibility index (Phi) is 6.71. The first-order chi connectivity index (χ1) is 13.2. The van der Waals surface area contributed by atoms with Crippen molar-refractivity contribution in [3.05, 3.63) is 72.3 Å². The molecule has 2 aromatic rings. The molecule has 2 rings (SSSR count). The van der Waals surface area contributed by atoms with Gasteiger partial charge in [-0.3, -0.25) is 14.4 Å². The highest BCUT2D eigenvalue weighted by Gasteiger charge is 2.21. The molecule has 0 atom stereocenters. The van der Waals surface area contributed by atoms with Gasteiger partial charge in [0.05, 0.1) is 11.3 Å². The van der Waals surface area contributed by atoms with E-state index in [0.29, 0.717) is 29.0 Å². The fourth-order valence-electron chi connectivity index (χ4n) is 2.30. The number of anilines is 2. The van der Waals surface area contributed by atoms with E-state index in [2.05, 4.69) is 22.5 Å². The summed E-state index contributed by atoms with van der Waals surface area (Å²) < 4.78 is 0. The molecule has 0 bridgehead atoms. The number of carbonyl (C=O) groups excluding carboxylic acids is 3. The van der Waals surface area contributed by atoms with Crippen LogP contribution in [0.25, 0.3) is 0 Å². The van der Waals surface area contributed by atoms with Gasteiger partial charge in [0.15, 0.2) is 0 Å².